The standard InChI is InChI=1S/C60H113N2O6P/c1-6-8-10-12-14-16-18-20-21-22-23-24-25-26-27-28-29-30-31-32-33-34-35-36-37-38-39-40-41-42-44-46-48-50-52-54-60(64)61-58(57-68-69(65,66)67-56-55-62(3,4)5)59(63)53-51-49-47-45-43-19-17-15-13-11-9-7-2/h8,10,14,16,20-21,23-24,51,53,58-59,63H,6-7,9,11-13,15,17-19,22,25-50,52,54-57H2,1-5H3,(H-,61,64,65,66)/p+1/b10-8-,16-14-,21-20-,24-23-,53-51+. The van der Waals surface area contributed by atoms with E-state index in [9.17, 15) is 19.4 Å². The van der Waals surface area contributed by atoms with Gasteiger partial charge in [-0.15, -0.1) is 0 Å². The number of likely N-dealkylation sites (N-methyl/N-ethyl adjacent to an activating group) is 1. The quantitative estimate of drug-likeness (QED) is 0.0243. The fourth-order valence-electron chi connectivity index (χ4n) is 8.45. The number of unbranched alkanes of at least 4 members (excludes halogenated alkanes) is 32. The minimum Gasteiger partial charge on any atom is -0.387 e. The Morgan fingerprint density at radius 3 is 1.28 bits per heavy atom. The summed E-state index contributed by atoms with van der Waals surface area (Å²) >= 11 is 0. The summed E-state index contributed by atoms with van der Waals surface area (Å²) in [6.45, 7) is 4.71. The van der Waals surface area contributed by atoms with Crippen LogP contribution in [-0.2, 0) is 18.4 Å². The number of carbonyl (C=O) groups excluding carboxylic acids is 1. The van der Waals surface area contributed by atoms with E-state index in [4.69, 9.17) is 9.05 Å². The highest BCUT2D eigenvalue weighted by Crippen LogP contribution is 2.43. The summed E-state index contributed by atoms with van der Waals surface area (Å²) in [4.78, 5) is 23.2. The number of carbonyl (C=O) groups is 1. The van der Waals surface area contributed by atoms with Gasteiger partial charge in [0.15, 0.2) is 0 Å². The molecule has 0 saturated heterocycles. The molecule has 0 rings (SSSR count). The minimum absolute atomic E-state index is 0.0620. The van der Waals surface area contributed by atoms with Crippen molar-refractivity contribution in [3.63, 3.8) is 0 Å². The Bertz CT molecular complexity index is 1310. The normalized spacial score (nSPS) is 14.4. The second-order valence-corrected chi connectivity index (χ2v) is 22.4. The molecule has 0 bridgehead atoms. The second-order valence-electron chi connectivity index (χ2n) is 21.0. The van der Waals surface area contributed by atoms with Crippen LogP contribution in [0.5, 0.6) is 0 Å². The Hall–Kier alpha value is -1.80. The van der Waals surface area contributed by atoms with Gasteiger partial charge >= 0.3 is 7.82 Å². The molecule has 9 heteroatoms. The third kappa shape index (κ3) is 53.8. The lowest BCUT2D eigenvalue weighted by Gasteiger charge is -2.25. The van der Waals surface area contributed by atoms with Crippen LogP contribution in [0.1, 0.15) is 264 Å². The van der Waals surface area contributed by atoms with Gasteiger partial charge in [0.25, 0.3) is 0 Å². The van der Waals surface area contributed by atoms with E-state index in [1.807, 2.05) is 27.2 Å². The molecule has 0 heterocycles. The topological polar surface area (TPSA) is 105 Å². The van der Waals surface area contributed by atoms with Crippen molar-refractivity contribution in [1.82, 2.24) is 5.32 Å². The van der Waals surface area contributed by atoms with Gasteiger partial charge in [0.05, 0.1) is 39.9 Å². The van der Waals surface area contributed by atoms with Crippen molar-refractivity contribution in [3.05, 3.63) is 60.8 Å². The molecule has 69 heavy (non-hydrogen) atoms. The number of nitrogens with zero attached hydrogens (tertiary/aromatic N) is 1. The number of quaternary nitrogens is 1. The summed E-state index contributed by atoms with van der Waals surface area (Å²) in [6, 6.07) is -0.845. The summed E-state index contributed by atoms with van der Waals surface area (Å²) in [7, 11) is 1.58. The van der Waals surface area contributed by atoms with Gasteiger partial charge in [-0.05, 0) is 57.8 Å². The summed E-state index contributed by atoms with van der Waals surface area (Å²) in [5.41, 5.74) is 0. The van der Waals surface area contributed by atoms with Gasteiger partial charge < -0.3 is 19.8 Å². The van der Waals surface area contributed by atoms with Crippen LogP contribution in [0.15, 0.2) is 60.8 Å². The van der Waals surface area contributed by atoms with Crippen LogP contribution in [0, 0.1) is 0 Å². The van der Waals surface area contributed by atoms with Crippen molar-refractivity contribution in [3.8, 4) is 0 Å². The molecule has 0 saturated carbocycles. The molecule has 0 aliphatic carbocycles. The first-order chi connectivity index (χ1) is 33.5. The molecule has 0 aliphatic rings. The van der Waals surface area contributed by atoms with Gasteiger partial charge in [0.1, 0.15) is 13.2 Å². The van der Waals surface area contributed by atoms with Gasteiger partial charge in [-0.25, -0.2) is 4.57 Å². The SMILES string of the molecule is CC/C=C\C/C=C\C/C=C\C/C=C\CCCCCCCCCCCCCCCCCCCCCCCCC(=O)NC(COP(=O)(O)OCC[N+](C)(C)C)C(O)/C=C/CCCCCCCCCCCC. The lowest BCUT2D eigenvalue weighted by atomic mass is 10.0. The molecule has 3 unspecified atom stereocenters. The summed E-state index contributed by atoms with van der Waals surface area (Å²) in [5, 5.41) is 13.9. The summed E-state index contributed by atoms with van der Waals surface area (Å²) in [5.74, 6) is -0.175. The average molecular weight is 991 g/mol. The Morgan fingerprint density at radius 2 is 0.870 bits per heavy atom. The van der Waals surface area contributed by atoms with E-state index < -0.39 is 20.0 Å². The van der Waals surface area contributed by atoms with Gasteiger partial charge in [-0.1, -0.05) is 261 Å². The fraction of sp³-hybridized carbons (Fsp3) is 0.817. The Balaban J connectivity index is 3.95. The van der Waals surface area contributed by atoms with Crippen molar-refractivity contribution in [2.45, 2.75) is 276 Å². The molecule has 0 aromatic heterocycles. The van der Waals surface area contributed by atoms with E-state index in [-0.39, 0.29) is 19.1 Å². The molecule has 404 valence electrons. The van der Waals surface area contributed by atoms with Gasteiger partial charge in [-0.3, -0.25) is 13.8 Å². The first-order valence-corrected chi connectivity index (χ1v) is 30.7. The van der Waals surface area contributed by atoms with E-state index >= 15 is 0 Å². The van der Waals surface area contributed by atoms with E-state index in [0.29, 0.717) is 17.4 Å². The maximum atomic E-state index is 12.9. The minimum atomic E-state index is -4.34. The molecule has 0 fully saturated rings. The van der Waals surface area contributed by atoms with Crippen molar-refractivity contribution in [2.24, 2.45) is 0 Å². The number of rotatable bonds is 53. The Kier molecular flexibility index (Phi) is 49.8. The zero-order valence-corrected chi connectivity index (χ0v) is 46.9. The number of hydrogen-bond donors (Lipinski definition) is 3. The molecule has 0 spiro atoms. The van der Waals surface area contributed by atoms with Crippen molar-refractivity contribution in [2.75, 3.05) is 40.9 Å². The van der Waals surface area contributed by atoms with Crippen LogP contribution in [-0.4, -0.2) is 73.4 Å². The number of phosphoric ester groups is 1. The number of aliphatic hydroxyl groups excluding tert-OH is 1. The van der Waals surface area contributed by atoms with Crippen molar-refractivity contribution < 1.29 is 32.9 Å². The van der Waals surface area contributed by atoms with E-state index in [0.717, 1.165) is 64.2 Å². The molecular weight excluding hydrogens is 876 g/mol. The number of nitrogens with one attached hydrogen (secondary N) is 1. The van der Waals surface area contributed by atoms with Crippen molar-refractivity contribution >= 4 is 13.7 Å². The fourth-order valence-corrected chi connectivity index (χ4v) is 9.18. The van der Waals surface area contributed by atoms with Gasteiger partial charge in [0.2, 0.25) is 5.91 Å². The molecule has 8 nitrogen and oxygen atoms in total. The molecule has 3 N–H and O–H groups in total. The zero-order valence-electron chi connectivity index (χ0n) is 46.0. The Morgan fingerprint density at radius 1 is 0.507 bits per heavy atom. The van der Waals surface area contributed by atoms with E-state index in [2.05, 4.69) is 67.8 Å². The zero-order chi connectivity index (χ0) is 50.6. The lowest BCUT2D eigenvalue weighted by molar-refractivity contribution is -0.870. The highest BCUT2D eigenvalue weighted by Gasteiger charge is 2.27. The van der Waals surface area contributed by atoms with Crippen LogP contribution in [0.2, 0.25) is 0 Å². The number of amides is 1. The predicted octanol–water partition coefficient (Wildman–Crippen LogP) is 17.7. The van der Waals surface area contributed by atoms with Gasteiger partial charge in [-0.2, -0.15) is 0 Å². The number of hydrogen-bond acceptors (Lipinski definition) is 5. The number of allylic oxidation sites excluding steroid dienone is 9. The Labute approximate surface area is 428 Å². The molecule has 0 aliphatic heterocycles. The smallest absolute Gasteiger partial charge is 0.387 e. The molecule has 0 radical (unpaired) electrons. The van der Waals surface area contributed by atoms with E-state index in [1.54, 1.807) is 6.08 Å². The molecule has 0 aromatic rings. The highest BCUT2D eigenvalue weighted by atomic mass is 31.2. The average Bonchev–Trinajstić information content (AvgIpc) is 3.31. The maximum Gasteiger partial charge on any atom is 0.472 e. The molecule has 3 atom stereocenters. The number of aliphatic hydroxyl groups is 1. The molecule has 0 aromatic carbocycles. The predicted molar refractivity (Wildman–Crippen MR) is 300 cm³/mol. The maximum absolute atomic E-state index is 12.9. The molecule has 1 amide bonds. The van der Waals surface area contributed by atoms with Crippen LogP contribution in [0.4, 0.5) is 0 Å². The summed E-state index contributed by atoms with van der Waals surface area (Å²) in [6.07, 6.45) is 69.1. The van der Waals surface area contributed by atoms with E-state index in [1.165, 1.54) is 180 Å². The van der Waals surface area contributed by atoms with Crippen LogP contribution >= 0.6 is 7.82 Å². The monoisotopic (exact) mass is 990 g/mol. The largest absolute Gasteiger partial charge is 0.472 e. The van der Waals surface area contributed by atoms with Crippen LogP contribution < -0.4 is 5.32 Å². The third-order valence-corrected chi connectivity index (χ3v) is 14.0. The highest BCUT2D eigenvalue weighted by molar-refractivity contribution is 7.47. The first kappa shape index (κ1) is 67.2. The second kappa shape index (κ2) is 51.1. The van der Waals surface area contributed by atoms with Gasteiger partial charge in [0, 0.05) is 6.42 Å². The van der Waals surface area contributed by atoms with Crippen LogP contribution in [0.3, 0.4) is 0 Å². The third-order valence-electron chi connectivity index (χ3n) is 13.0. The molecular formula is C60H114N2O6P+. The summed E-state index contributed by atoms with van der Waals surface area (Å²) < 4.78 is 23.6. The lowest BCUT2D eigenvalue weighted by Crippen LogP contribution is -2.45. The first-order valence-electron chi connectivity index (χ1n) is 29.2. The number of phosphoric acid groups is 1. The van der Waals surface area contributed by atoms with Crippen molar-refractivity contribution in [1.29, 1.82) is 0 Å². The van der Waals surface area contributed by atoms with Crippen LogP contribution in [0.25, 0.3) is 0 Å².